The van der Waals surface area contributed by atoms with E-state index in [-0.39, 0.29) is 25.3 Å². The smallest absolute Gasteiger partial charge is 0.385 e. The van der Waals surface area contributed by atoms with Crippen LogP contribution in [0.5, 0.6) is 0 Å². The van der Waals surface area contributed by atoms with Gasteiger partial charge in [0.25, 0.3) is 0 Å². The zero-order chi connectivity index (χ0) is 14.5. The molecule has 1 aromatic carbocycles. The van der Waals surface area contributed by atoms with Crippen molar-refractivity contribution in [3.05, 3.63) is 29.6 Å². The topological polar surface area (TPSA) is 21.3 Å². The van der Waals surface area contributed by atoms with Gasteiger partial charge in [0.05, 0.1) is 0 Å². The highest BCUT2D eigenvalue weighted by atomic mass is 19.4. The minimum atomic E-state index is -4.38. The molecule has 0 heterocycles. The van der Waals surface area contributed by atoms with Gasteiger partial charge in [0.2, 0.25) is 0 Å². The second-order valence-corrected chi connectivity index (χ2v) is 3.70. The molecule has 0 saturated carbocycles. The molecule has 1 aromatic rings. The molecular weight excluding hydrogens is 276 g/mol. The summed E-state index contributed by atoms with van der Waals surface area (Å²) in [7, 11) is 0. The predicted molar refractivity (Wildman–Crippen MR) is 56.3 cm³/mol. The van der Waals surface area contributed by atoms with Gasteiger partial charge in [0, 0.05) is 31.0 Å². The zero-order valence-electron chi connectivity index (χ0n) is 9.66. The lowest BCUT2D eigenvalue weighted by molar-refractivity contribution is -0.173. The van der Waals surface area contributed by atoms with E-state index in [9.17, 15) is 26.3 Å². The maximum absolute atomic E-state index is 12.8. The Kier molecular flexibility index (Phi) is 5.46. The second kappa shape index (κ2) is 6.65. The molecular formula is C11H11F6NO. The minimum absolute atomic E-state index is 0.00669. The molecule has 0 bridgehead atoms. The third-order valence-corrected chi connectivity index (χ3v) is 2.04. The molecule has 2 nitrogen and oxygen atoms in total. The maximum Gasteiger partial charge on any atom is 0.411 e. The van der Waals surface area contributed by atoms with Crippen LogP contribution in [0.4, 0.5) is 32.0 Å². The van der Waals surface area contributed by atoms with Crippen LogP contribution in [0.15, 0.2) is 12.1 Å². The predicted octanol–water partition coefficient (Wildman–Crippen LogP) is 3.48. The molecule has 19 heavy (non-hydrogen) atoms. The highest BCUT2D eigenvalue weighted by Gasteiger charge is 2.27. The third kappa shape index (κ3) is 5.82. The van der Waals surface area contributed by atoms with Crippen LogP contribution >= 0.6 is 0 Å². The van der Waals surface area contributed by atoms with Gasteiger partial charge in [0.1, 0.15) is 6.61 Å². The van der Waals surface area contributed by atoms with Crippen LogP contribution in [-0.2, 0) is 4.74 Å². The molecule has 0 radical (unpaired) electrons. The third-order valence-electron chi connectivity index (χ3n) is 2.04. The Hall–Kier alpha value is -1.44. The molecule has 0 saturated heterocycles. The van der Waals surface area contributed by atoms with Gasteiger partial charge in [-0.1, -0.05) is 0 Å². The van der Waals surface area contributed by atoms with E-state index in [1.54, 1.807) is 0 Å². The number of anilines is 1. The molecule has 0 amide bonds. The lowest BCUT2D eigenvalue weighted by atomic mass is 10.3. The van der Waals surface area contributed by atoms with Crippen LogP contribution in [0.25, 0.3) is 0 Å². The first-order valence-electron chi connectivity index (χ1n) is 5.32. The monoisotopic (exact) mass is 287 g/mol. The molecule has 0 aromatic heterocycles. The van der Waals surface area contributed by atoms with Gasteiger partial charge in [0.15, 0.2) is 17.5 Å². The van der Waals surface area contributed by atoms with E-state index in [1.165, 1.54) is 0 Å². The Balaban J connectivity index is 2.27. The number of hydrogen-bond donors (Lipinski definition) is 1. The van der Waals surface area contributed by atoms with Crippen LogP contribution in [-0.4, -0.2) is 25.9 Å². The van der Waals surface area contributed by atoms with Crippen molar-refractivity contribution >= 4 is 5.69 Å². The van der Waals surface area contributed by atoms with Gasteiger partial charge in [-0.25, -0.2) is 13.2 Å². The molecule has 0 atom stereocenters. The molecule has 108 valence electrons. The number of halogens is 6. The van der Waals surface area contributed by atoms with Crippen LogP contribution < -0.4 is 5.32 Å². The van der Waals surface area contributed by atoms with Crippen LogP contribution in [0, 0.1) is 17.5 Å². The van der Waals surface area contributed by atoms with E-state index in [0.717, 1.165) is 12.1 Å². The summed E-state index contributed by atoms with van der Waals surface area (Å²) in [6, 6.07) is 1.52. The summed E-state index contributed by atoms with van der Waals surface area (Å²) >= 11 is 0. The quantitative estimate of drug-likeness (QED) is 0.491. The number of nitrogens with one attached hydrogen (secondary N) is 1. The van der Waals surface area contributed by atoms with Crippen molar-refractivity contribution in [3.8, 4) is 0 Å². The molecule has 0 spiro atoms. The Morgan fingerprint density at radius 1 is 1.05 bits per heavy atom. The molecule has 0 aliphatic heterocycles. The summed E-state index contributed by atoms with van der Waals surface area (Å²) in [6.07, 6.45) is -4.17. The van der Waals surface area contributed by atoms with Crippen molar-refractivity contribution < 1.29 is 31.1 Å². The lowest BCUT2D eigenvalue weighted by Gasteiger charge is -2.09. The molecule has 0 aliphatic rings. The lowest BCUT2D eigenvalue weighted by Crippen LogP contribution is -2.18. The number of benzene rings is 1. The zero-order valence-corrected chi connectivity index (χ0v) is 9.66. The first-order valence-corrected chi connectivity index (χ1v) is 5.32. The van der Waals surface area contributed by atoms with Gasteiger partial charge < -0.3 is 10.1 Å². The number of alkyl halides is 3. The maximum atomic E-state index is 12.8. The summed E-state index contributed by atoms with van der Waals surface area (Å²) in [5.41, 5.74) is 0.00669. The van der Waals surface area contributed by atoms with Crippen LogP contribution in [0.3, 0.4) is 0 Å². The SMILES string of the molecule is Fc1cc(NCCCOCC(F)(F)F)cc(F)c1F. The second-order valence-electron chi connectivity index (χ2n) is 3.70. The molecule has 1 rings (SSSR count). The summed E-state index contributed by atoms with van der Waals surface area (Å²) < 4.78 is 77.6. The van der Waals surface area contributed by atoms with E-state index in [2.05, 4.69) is 10.1 Å². The molecule has 0 unspecified atom stereocenters. The van der Waals surface area contributed by atoms with Gasteiger partial charge in [-0.05, 0) is 6.42 Å². The van der Waals surface area contributed by atoms with Gasteiger partial charge in [-0.3, -0.25) is 0 Å². The average molecular weight is 287 g/mol. The van der Waals surface area contributed by atoms with E-state index in [4.69, 9.17) is 0 Å². The molecule has 0 aliphatic carbocycles. The highest BCUT2D eigenvalue weighted by molar-refractivity contribution is 5.43. The highest BCUT2D eigenvalue weighted by Crippen LogP contribution is 2.17. The van der Waals surface area contributed by atoms with Crippen molar-refractivity contribution in [1.82, 2.24) is 0 Å². The summed E-state index contributed by atoms with van der Waals surface area (Å²) in [5.74, 6) is -4.24. The van der Waals surface area contributed by atoms with Crippen LogP contribution in [0.1, 0.15) is 6.42 Å². The van der Waals surface area contributed by atoms with Crippen molar-refractivity contribution in [3.63, 3.8) is 0 Å². The van der Waals surface area contributed by atoms with E-state index in [1.807, 2.05) is 0 Å². The van der Waals surface area contributed by atoms with E-state index < -0.39 is 30.2 Å². The summed E-state index contributed by atoms with van der Waals surface area (Å²) in [5, 5.41) is 2.54. The number of rotatable bonds is 6. The molecule has 1 N–H and O–H groups in total. The summed E-state index contributed by atoms with van der Waals surface area (Å²) in [4.78, 5) is 0. The number of hydrogen-bond acceptors (Lipinski definition) is 2. The first kappa shape index (κ1) is 15.6. The fraction of sp³-hybridized carbons (Fsp3) is 0.455. The molecule has 8 heteroatoms. The van der Waals surface area contributed by atoms with Crippen molar-refractivity contribution in [2.75, 3.05) is 25.1 Å². The van der Waals surface area contributed by atoms with Crippen molar-refractivity contribution in [2.45, 2.75) is 12.6 Å². The first-order chi connectivity index (χ1) is 8.79. The van der Waals surface area contributed by atoms with Gasteiger partial charge in [-0.2, -0.15) is 13.2 Å². The van der Waals surface area contributed by atoms with Crippen molar-refractivity contribution in [2.24, 2.45) is 0 Å². The fourth-order valence-electron chi connectivity index (χ4n) is 1.25. The number of ether oxygens (including phenoxy) is 1. The normalized spacial score (nSPS) is 11.7. The average Bonchev–Trinajstić information content (AvgIpc) is 2.29. The minimum Gasteiger partial charge on any atom is -0.385 e. The fourth-order valence-corrected chi connectivity index (χ4v) is 1.25. The van der Waals surface area contributed by atoms with Gasteiger partial charge in [-0.15, -0.1) is 0 Å². The standard InChI is InChI=1S/C11H11F6NO/c12-8-4-7(5-9(13)10(8)14)18-2-1-3-19-6-11(15,16)17/h4-5,18H,1-3,6H2. The Morgan fingerprint density at radius 2 is 1.63 bits per heavy atom. The Morgan fingerprint density at radius 3 is 2.16 bits per heavy atom. The largest absolute Gasteiger partial charge is 0.411 e. The van der Waals surface area contributed by atoms with Crippen molar-refractivity contribution in [1.29, 1.82) is 0 Å². The summed E-state index contributed by atoms with van der Waals surface area (Å²) in [6.45, 7) is -1.35. The van der Waals surface area contributed by atoms with Gasteiger partial charge >= 0.3 is 6.18 Å². The van der Waals surface area contributed by atoms with E-state index in [0.29, 0.717) is 0 Å². The Labute approximate surface area is 105 Å². The van der Waals surface area contributed by atoms with Crippen LogP contribution in [0.2, 0.25) is 0 Å². The Bertz CT molecular complexity index is 397. The van der Waals surface area contributed by atoms with E-state index >= 15 is 0 Å². The molecule has 0 fully saturated rings.